The van der Waals surface area contributed by atoms with E-state index in [1.165, 1.54) is 17.5 Å². The predicted molar refractivity (Wildman–Crippen MR) is 63.0 cm³/mol. The van der Waals surface area contributed by atoms with Crippen molar-refractivity contribution in [3.8, 4) is 0 Å². The third-order valence-electron chi connectivity index (χ3n) is 2.10. The van der Waals surface area contributed by atoms with Crippen molar-refractivity contribution in [1.82, 2.24) is 4.98 Å². The van der Waals surface area contributed by atoms with Crippen molar-refractivity contribution in [2.45, 2.75) is 19.8 Å². The smallest absolute Gasteiger partial charge is 0.183 e. The first kappa shape index (κ1) is 9.46. The van der Waals surface area contributed by atoms with Crippen LogP contribution in [0.4, 0.5) is 5.13 Å². The normalized spacial score (nSPS) is 10.6. The van der Waals surface area contributed by atoms with Crippen LogP contribution in [0, 0.1) is 0 Å². The van der Waals surface area contributed by atoms with Crippen molar-refractivity contribution in [2.24, 2.45) is 0 Å². The van der Waals surface area contributed by atoms with Gasteiger partial charge in [-0.2, -0.15) is 0 Å². The van der Waals surface area contributed by atoms with Gasteiger partial charge in [-0.25, -0.2) is 4.98 Å². The highest BCUT2D eigenvalue weighted by Gasteiger charge is 2.00. The molecule has 1 aromatic heterocycles. The van der Waals surface area contributed by atoms with Gasteiger partial charge in [0.1, 0.15) is 0 Å². The number of rotatable bonds is 4. The van der Waals surface area contributed by atoms with Gasteiger partial charge < -0.3 is 5.32 Å². The molecule has 1 aromatic carbocycles. The number of fused-ring (bicyclic) bond motifs is 1. The van der Waals surface area contributed by atoms with Crippen LogP contribution < -0.4 is 5.32 Å². The van der Waals surface area contributed by atoms with Crippen molar-refractivity contribution in [3.05, 3.63) is 24.3 Å². The van der Waals surface area contributed by atoms with E-state index in [-0.39, 0.29) is 0 Å². The molecule has 0 fully saturated rings. The molecule has 1 heterocycles. The minimum atomic E-state index is 1.02. The number of unbranched alkanes of at least 4 members (excludes halogenated alkanes) is 1. The summed E-state index contributed by atoms with van der Waals surface area (Å²) in [4.78, 5) is 4.49. The summed E-state index contributed by atoms with van der Waals surface area (Å²) in [6.45, 7) is 3.22. The van der Waals surface area contributed by atoms with Crippen LogP contribution in [0.5, 0.6) is 0 Å². The molecular weight excluding hydrogens is 192 g/mol. The lowest BCUT2D eigenvalue weighted by Crippen LogP contribution is -1.99. The highest BCUT2D eigenvalue weighted by Crippen LogP contribution is 2.25. The Hall–Kier alpha value is -1.09. The first-order valence-electron chi connectivity index (χ1n) is 4.99. The van der Waals surface area contributed by atoms with Gasteiger partial charge in [0, 0.05) is 6.54 Å². The molecule has 3 heteroatoms. The average Bonchev–Trinajstić information content (AvgIpc) is 2.60. The molecule has 0 aliphatic carbocycles. The Morgan fingerprint density at radius 1 is 1.36 bits per heavy atom. The molecule has 74 valence electrons. The fourth-order valence-corrected chi connectivity index (χ4v) is 2.21. The van der Waals surface area contributed by atoms with Crippen LogP contribution >= 0.6 is 11.3 Å². The Bertz CT molecular complexity index is 375. The fraction of sp³-hybridized carbons (Fsp3) is 0.364. The largest absolute Gasteiger partial charge is 0.361 e. The lowest BCUT2D eigenvalue weighted by Gasteiger charge is -1.98. The number of para-hydroxylation sites is 1. The molecule has 0 atom stereocenters. The first-order chi connectivity index (χ1) is 6.90. The second-order valence-electron chi connectivity index (χ2n) is 3.27. The van der Waals surface area contributed by atoms with Gasteiger partial charge in [-0.1, -0.05) is 36.8 Å². The Balaban J connectivity index is 2.11. The number of aromatic nitrogens is 1. The van der Waals surface area contributed by atoms with Crippen molar-refractivity contribution < 1.29 is 0 Å². The van der Waals surface area contributed by atoms with E-state index in [1.807, 2.05) is 6.07 Å². The standard InChI is InChI=1S/C11H14N2S/c1-2-3-8-12-11-13-9-6-4-5-7-10(9)14-11/h4-7H,2-3,8H2,1H3,(H,12,13). The first-order valence-corrected chi connectivity index (χ1v) is 5.81. The van der Waals surface area contributed by atoms with Crippen molar-refractivity contribution >= 4 is 26.7 Å². The van der Waals surface area contributed by atoms with Gasteiger partial charge in [0.2, 0.25) is 0 Å². The zero-order valence-corrected chi connectivity index (χ0v) is 9.10. The number of thiazole rings is 1. The van der Waals surface area contributed by atoms with Gasteiger partial charge >= 0.3 is 0 Å². The third-order valence-corrected chi connectivity index (χ3v) is 3.09. The van der Waals surface area contributed by atoms with Gasteiger partial charge in [0.25, 0.3) is 0 Å². The number of nitrogens with one attached hydrogen (secondary N) is 1. The zero-order chi connectivity index (χ0) is 9.80. The summed E-state index contributed by atoms with van der Waals surface area (Å²) >= 11 is 1.73. The van der Waals surface area contributed by atoms with Crippen LogP contribution in [0.1, 0.15) is 19.8 Å². The lowest BCUT2D eigenvalue weighted by molar-refractivity contribution is 0.834. The van der Waals surface area contributed by atoms with Crippen LogP contribution in [-0.2, 0) is 0 Å². The van der Waals surface area contributed by atoms with Gasteiger partial charge in [0.15, 0.2) is 5.13 Å². The maximum absolute atomic E-state index is 4.49. The maximum atomic E-state index is 4.49. The Kier molecular flexibility index (Phi) is 2.99. The van der Waals surface area contributed by atoms with Crippen molar-refractivity contribution in [3.63, 3.8) is 0 Å². The predicted octanol–water partition coefficient (Wildman–Crippen LogP) is 3.51. The highest BCUT2D eigenvalue weighted by molar-refractivity contribution is 7.22. The van der Waals surface area contributed by atoms with Crippen LogP contribution in [0.25, 0.3) is 10.2 Å². The molecule has 0 saturated carbocycles. The van der Waals surface area contributed by atoms with Crippen molar-refractivity contribution in [1.29, 1.82) is 0 Å². The highest BCUT2D eigenvalue weighted by atomic mass is 32.1. The lowest BCUT2D eigenvalue weighted by atomic mass is 10.3. The van der Waals surface area contributed by atoms with Gasteiger partial charge in [0.05, 0.1) is 10.2 Å². The molecule has 0 aliphatic rings. The van der Waals surface area contributed by atoms with Gasteiger partial charge in [-0.3, -0.25) is 0 Å². The van der Waals surface area contributed by atoms with E-state index in [2.05, 4.69) is 35.4 Å². The maximum Gasteiger partial charge on any atom is 0.183 e. The number of hydrogen-bond acceptors (Lipinski definition) is 3. The molecule has 2 nitrogen and oxygen atoms in total. The molecule has 2 aromatic rings. The van der Waals surface area contributed by atoms with Crippen molar-refractivity contribution in [2.75, 3.05) is 11.9 Å². The third kappa shape index (κ3) is 2.04. The second-order valence-corrected chi connectivity index (χ2v) is 4.30. The Morgan fingerprint density at radius 2 is 2.21 bits per heavy atom. The van der Waals surface area contributed by atoms with E-state index in [0.29, 0.717) is 0 Å². The summed E-state index contributed by atoms with van der Waals surface area (Å²) in [6, 6.07) is 8.24. The summed E-state index contributed by atoms with van der Waals surface area (Å²) in [5, 5.41) is 4.38. The summed E-state index contributed by atoms with van der Waals surface area (Å²) in [7, 11) is 0. The number of nitrogens with zero attached hydrogens (tertiary/aromatic N) is 1. The quantitative estimate of drug-likeness (QED) is 0.774. The van der Waals surface area contributed by atoms with E-state index >= 15 is 0 Å². The summed E-state index contributed by atoms with van der Waals surface area (Å²) < 4.78 is 1.26. The Labute approximate surface area is 88.0 Å². The molecule has 0 spiro atoms. The van der Waals surface area contributed by atoms with E-state index in [1.54, 1.807) is 11.3 Å². The molecule has 14 heavy (non-hydrogen) atoms. The van der Waals surface area contributed by atoms with Gasteiger partial charge in [-0.15, -0.1) is 0 Å². The zero-order valence-electron chi connectivity index (χ0n) is 8.29. The molecule has 0 aliphatic heterocycles. The second kappa shape index (κ2) is 4.42. The summed E-state index contributed by atoms with van der Waals surface area (Å²) in [5.41, 5.74) is 1.09. The minimum Gasteiger partial charge on any atom is -0.361 e. The number of anilines is 1. The Morgan fingerprint density at radius 3 is 3.00 bits per heavy atom. The summed E-state index contributed by atoms with van der Waals surface area (Å²) in [5.74, 6) is 0. The summed E-state index contributed by atoms with van der Waals surface area (Å²) in [6.07, 6.45) is 2.42. The topological polar surface area (TPSA) is 24.9 Å². The minimum absolute atomic E-state index is 1.02. The molecule has 2 rings (SSSR count). The average molecular weight is 206 g/mol. The fourth-order valence-electron chi connectivity index (χ4n) is 1.32. The monoisotopic (exact) mass is 206 g/mol. The van der Waals surface area contributed by atoms with E-state index in [4.69, 9.17) is 0 Å². The SMILES string of the molecule is CCCCNc1nc2ccccc2s1. The molecule has 0 amide bonds. The van der Waals surface area contributed by atoms with Crippen LogP contribution in [0.3, 0.4) is 0 Å². The van der Waals surface area contributed by atoms with Gasteiger partial charge in [-0.05, 0) is 18.6 Å². The van der Waals surface area contributed by atoms with E-state index in [9.17, 15) is 0 Å². The molecule has 0 radical (unpaired) electrons. The molecule has 0 saturated heterocycles. The molecular formula is C11H14N2S. The van der Waals surface area contributed by atoms with E-state index < -0.39 is 0 Å². The number of benzene rings is 1. The molecule has 0 unspecified atom stereocenters. The van der Waals surface area contributed by atoms with Crippen LogP contribution in [0.15, 0.2) is 24.3 Å². The van der Waals surface area contributed by atoms with Crippen LogP contribution in [0.2, 0.25) is 0 Å². The van der Waals surface area contributed by atoms with E-state index in [0.717, 1.165) is 17.2 Å². The van der Waals surface area contributed by atoms with Crippen LogP contribution in [-0.4, -0.2) is 11.5 Å². The molecule has 0 bridgehead atoms. The molecule has 1 N–H and O–H groups in total. The number of hydrogen-bond donors (Lipinski definition) is 1.